The quantitative estimate of drug-likeness (QED) is 0.524. The molecule has 6 nitrogen and oxygen atoms in total. The zero-order valence-electron chi connectivity index (χ0n) is 17.1. The second-order valence-electron chi connectivity index (χ2n) is 7.11. The zero-order chi connectivity index (χ0) is 21.5. The number of benzene rings is 3. The van der Waals surface area contributed by atoms with Crippen LogP contribution in [0.4, 0.5) is 5.69 Å². The van der Waals surface area contributed by atoms with E-state index in [0.717, 1.165) is 16.9 Å². The van der Waals surface area contributed by atoms with E-state index >= 15 is 0 Å². The summed E-state index contributed by atoms with van der Waals surface area (Å²) in [5.41, 5.74) is 2.73. The van der Waals surface area contributed by atoms with Gasteiger partial charge in [-0.2, -0.15) is 4.31 Å². The van der Waals surface area contributed by atoms with Crippen molar-refractivity contribution in [3.63, 3.8) is 0 Å². The van der Waals surface area contributed by atoms with Crippen LogP contribution in [0.2, 0.25) is 0 Å². The molecule has 1 fully saturated rings. The molecule has 4 rings (SSSR count). The summed E-state index contributed by atoms with van der Waals surface area (Å²) in [5, 5.41) is 0. The lowest BCUT2D eigenvalue weighted by molar-refractivity contribution is 0.0730. The highest BCUT2D eigenvalue weighted by molar-refractivity contribution is 7.89. The van der Waals surface area contributed by atoms with Crippen LogP contribution >= 0.6 is 0 Å². The zero-order valence-corrected chi connectivity index (χ0v) is 17.9. The van der Waals surface area contributed by atoms with Gasteiger partial charge in [-0.25, -0.2) is 8.42 Å². The molecule has 1 heterocycles. The number of hydrogen-bond acceptors (Lipinski definition) is 5. The van der Waals surface area contributed by atoms with Gasteiger partial charge in [0.15, 0.2) is 0 Å². The van der Waals surface area contributed by atoms with Crippen molar-refractivity contribution >= 4 is 21.9 Å². The third kappa shape index (κ3) is 5.58. The average Bonchev–Trinajstić information content (AvgIpc) is 2.83. The molecule has 0 spiro atoms. The Bertz CT molecular complexity index is 1110. The average molecular weight is 437 g/mol. The Labute approximate surface area is 182 Å². The highest BCUT2D eigenvalue weighted by Gasteiger charge is 2.25. The second-order valence-corrected chi connectivity index (χ2v) is 9.05. The molecule has 0 unspecified atom stereocenters. The van der Waals surface area contributed by atoms with Crippen LogP contribution in [-0.2, 0) is 21.4 Å². The molecule has 160 valence electrons. The van der Waals surface area contributed by atoms with Gasteiger partial charge in [0, 0.05) is 19.3 Å². The lowest BCUT2D eigenvalue weighted by Crippen LogP contribution is -2.40. The van der Waals surface area contributed by atoms with Crippen molar-refractivity contribution in [3.05, 3.63) is 90.0 Å². The molecule has 31 heavy (non-hydrogen) atoms. The summed E-state index contributed by atoms with van der Waals surface area (Å²) in [4.78, 5) is 4.71. The molecular formula is C24H24N2O4S. The number of ether oxygens (including phenoxy) is 2. The van der Waals surface area contributed by atoms with Gasteiger partial charge < -0.3 is 9.47 Å². The minimum atomic E-state index is -3.49. The lowest BCUT2D eigenvalue weighted by atomic mass is 10.2. The molecule has 0 N–H and O–H groups in total. The SMILES string of the molecule is O=S(=O)(c1ccc(N=Cc2ccc(OCc3ccccc3)cc2)cc1)N1CCOCC1. The van der Waals surface area contributed by atoms with Gasteiger partial charge in [-0.3, -0.25) is 4.99 Å². The highest BCUT2D eigenvalue weighted by Crippen LogP contribution is 2.21. The standard InChI is InChI=1S/C24H24N2O4S/c27-31(28,26-14-16-29-17-15-26)24-12-8-22(9-13-24)25-18-20-6-10-23(11-7-20)30-19-21-4-2-1-3-5-21/h1-13,18H,14-17,19H2. The van der Waals surface area contributed by atoms with E-state index in [0.29, 0.717) is 38.6 Å². The Morgan fingerprint density at radius 3 is 2.26 bits per heavy atom. The third-order valence-corrected chi connectivity index (χ3v) is 6.85. The Morgan fingerprint density at radius 2 is 1.58 bits per heavy atom. The first kappa shape index (κ1) is 21.2. The van der Waals surface area contributed by atoms with Crippen LogP contribution in [0.15, 0.2) is 88.8 Å². The molecule has 3 aromatic carbocycles. The van der Waals surface area contributed by atoms with Crippen LogP contribution in [0.3, 0.4) is 0 Å². The maximum atomic E-state index is 12.7. The summed E-state index contributed by atoms with van der Waals surface area (Å²) < 4.78 is 37.8. The molecule has 1 saturated heterocycles. The van der Waals surface area contributed by atoms with Crippen molar-refractivity contribution < 1.29 is 17.9 Å². The van der Waals surface area contributed by atoms with E-state index in [-0.39, 0.29) is 4.90 Å². The molecule has 0 radical (unpaired) electrons. The van der Waals surface area contributed by atoms with Crippen LogP contribution in [0.5, 0.6) is 5.75 Å². The minimum Gasteiger partial charge on any atom is -0.489 e. The molecule has 0 amide bonds. The van der Waals surface area contributed by atoms with E-state index in [2.05, 4.69) is 4.99 Å². The fourth-order valence-electron chi connectivity index (χ4n) is 3.18. The van der Waals surface area contributed by atoms with Gasteiger partial charge in [-0.1, -0.05) is 30.3 Å². The minimum absolute atomic E-state index is 0.272. The van der Waals surface area contributed by atoms with E-state index in [4.69, 9.17) is 9.47 Å². The molecular weight excluding hydrogens is 412 g/mol. The summed E-state index contributed by atoms with van der Waals surface area (Å²) in [6, 6.07) is 24.3. The number of rotatable bonds is 7. The van der Waals surface area contributed by atoms with Crippen molar-refractivity contribution in [2.45, 2.75) is 11.5 Å². The van der Waals surface area contributed by atoms with Crippen LogP contribution in [-0.4, -0.2) is 45.2 Å². The van der Waals surface area contributed by atoms with Gasteiger partial charge in [0.2, 0.25) is 10.0 Å². The van der Waals surface area contributed by atoms with Crippen molar-refractivity contribution in [2.75, 3.05) is 26.3 Å². The Morgan fingerprint density at radius 1 is 0.903 bits per heavy atom. The molecule has 0 saturated carbocycles. The number of hydrogen-bond donors (Lipinski definition) is 0. The molecule has 7 heteroatoms. The topological polar surface area (TPSA) is 68.2 Å². The summed E-state index contributed by atoms with van der Waals surface area (Å²) in [5.74, 6) is 0.790. The first-order valence-electron chi connectivity index (χ1n) is 10.1. The van der Waals surface area contributed by atoms with E-state index in [9.17, 15) is 8.42 Å². The Balaban J connectivity index is 1.36. The molecule has 0 aromatic heterocycles. The van der Waals surface area contributed by atoms with Gasteiger partial charge in [0.25, 0.3) is 0 Å². The van der Waals surface area contributed by atoms with Gasteiger partial charge in [0.1, 0.15) is 12.4 Å². The van der Waals surface area contributed by atoms with Gasteiger partial charge >= 0.3 is 0 Å². The first-order chi connectivity index (χ1) is 15.1. The lowest BCUT2D eigenvalue weighted by Gasteiger charge is -2.26. The fraction of sp³-hybridized carbons (Fsp3) is 0.208. The van der Waals surface area contributed by atoms with Gasteiger partial charge in [-0.15, -0.1) is 0 Å². The maximum Gasteiger partial charge on any atom is 0.243 e. The first-order valence-corrected chi connectivity index (χ1v) is 11.5. The fourth-order valence-corrected chi connectivity index (χ4v) is 4.59. The van der Waals surface area contributed by atoms with Crippen molar-refractivity contribution in [3.8, 4) is 5.75 Å². The van der Waals surface area contributed by atoms with Crippen LogP contribution < -0.4 is 4.74 Å². The molecule has 3 aromatic rings. The molecule has 0 atom stereocenters. The summed E-state index contributed by atoms with van der Waals surface area (Å²) in [6.45, 7) is 2.14. The van der Waals surface area contributed by atoms with E-state index in [1.54, 1.807) is 30.5 Å². The maximum absolute atomic E-state index is 12.7. The van der Waals surface area contributed by atoms with Crippen LogP contribution in [0.1, 0.15) is 11.1 Å². The summed E-state index contributed by atoms with van der Waals surface area (Å²) in [6.07, 6.45) is 1.74. The summed E-state index contributed by atoms with van der Waals surface area (Å²) >= 11 is 0. The molecule has 1 aliphatic heterocycles. The normalized spacial score (nSPS) is 15.2. The van der Waals surface area contributed by atoms with Crippen molar-refractivity contribution in [2.24, 2.45) is 4.99 Å². The van der Waals surface area contributed by atoms with Crippen LogP contribution in [0, 0.1) is 0 Å². The number of sulfonamides is 1. The van der Waals surface area contributed by atoms with Gasteiger partial charge in [0.05, 0.1) is 23.8 Å². The largest absolute Gasteiger partial charge is 0.489 e. The molecule has 0 bridgehead atoms. The second kappa shape index (κ2) is 9.87. The van der Waals surface area contributed by atoms with Crippen LogP contribution in [0.25, 0.3) is 0 Å². The molecule has 1 aliphatic rings. The number of morpholine rings is 1. The molecule has 0 aliphatic carbocycles. The predicted molar refractivity (Wildman–Crippen MR) is 120 cm³/mol. The third-order valence-electron chi connectivity index (χ3n) is 4.94. The van der Waals surface area contributed by atoms with Gasteiger partial charge in [-0.05, 0) is 59.7 Å². The number of nitrogens with zero attached hydrogens (tertiary/aromatic N) is 2. The predicted octanol–water partition coefficient (Wildman–Crippen LogP) is 4.04. The summed E-state index contributed by atoms with van der Waals surface area (Å²) in [7, 11) is -3.49. The van der Waals surface area contributed by atoms with E-state index in [1.165, 1.54) is 4.31 Å². The number of aliphatic imine (C=N–C) groups is 1. The Kier molecular flexibility index (Phi) is 6.76. The van der Waals surface area contributed by atoms with E-state index in [1.807, 2.05) is 54.6 Å². The monoisotopic (exact) mass is 436 g/mol. The van der Waals surface area contributed by atoms with E-state index < -0.39 is 10.0 Å². The highest BCUT2D eigenvalue weighted by atomic mass is 32.2. The Hall–Kier alpha value is -3.00. The van der Waals surface area contributed by atoms with Crippen molar-refractivity contribution in [1.29, 1.82) is 0 Å². The smallest absolute Gasteiger partial charge is 0.243 e. The van der Waals surface area contributed by atoms with Crippen molar-refractivity contribution in [1.82, 2.24) is 4.31 Å².